The summed E-state index contributed by atoms with van der Waals surface area (Å²) in [6.45, 7) is 1.90. The molecule has 0 bridgehead atoms. The number of hydrogen-bond donors (Lipinski definition) is 1. The van der Waals surface area contributed by atoms with Crippen LogP contribution in [0, 0.1) is 6.92 Å². The number of halogens is 1. The van der Waals surface area contributed by atoms with E-state index in [-0.39, 0.29) is 5.12 Å². The van der Waals surface area contributed by atoms with Crippen molar-refractivity contribution >= 4 is 29.3 Å². The van der Waals surface area contributed by atoms with E-state index in [1.54, 1.807) is 0 Å². The van der Waals surface area contributed by atoms with Gasteiger partial charge in [-0.3, -0.25) is 4.79 Å². The van der Waals surface area contributed by atoms with Gasteiger partial charge in [-0.25, -0.2) is 0 Å². The van der Waals surface area contributed by atoms with Gasteiger partial charge in [-0.1, -0.05) is 23.7 Å². The minimum absolute atomic E-state index is 0.139. The van der Waals surface area contributed by atoms with Gasteiger partial charge in [0.05, 0.1) is 0 Å². The fourth-order valence-corrected chi connectivity index (χ4v) is 1.37. The number of carbonyl (C=O) groups excluding carboxylic acids is 1. The zero-order chi connectivity index (χ0) is 9.14. The molecule has 12 heavy (non-hydrogen) atoms. The van der Waals surface area contributed by atoms with E-state index in [1.807, 2.05) is 25.1 Å². The molecule has 0 aliphatic rings. The molecule has 0 N–H and O–H groups in total. The van der Waals surface area contributed by atoms with E-state index in [4.69, 9.17) is 11.6 Å². The summed E-state index contributed by atoms with van der Waals surface area (Å²) in [5, 5.41) is 0.558. The molecule has 1 aromatic rings. The van der Waals surface area contributed by atoms with Crippen molar-refractivity contribution in [1.82, 2.24) is 0 Å². The summed E-state index contributed by atoms with van der Waals surface area (Å²) >= 11 is 9.57. The zero-order valence-electron chi connectivity index (χ0n) is 6.67. The van der Waals surface area contributed by atoms with Gasteiger partial charge in [-0.05, 0) is 24.1 Å². The molecule has 1 aromatic carbocycles. The van der Waals surface area contributed by atoms with Crippen LogP contribution in [0.4, 0.5) is 0 Å². The molecule has 0 saturated heterocycles. The minimum atomic E-state index is -0.139. The van der Waals surface area contributed by atoms with Gasteiger partial charge in [0.2, 0.25) is 0 Å². The normalized spacial score (nSPS) is 9.92. The van der Waals surface area contributed by atoms with Gasteiger partial charge in [-0.2, -0.15) is 0 Å². The molecule has 0 radical (unpaired) electrons. The van der Waals surface area contributed by atoms with Crippen LogP contribution >= 0.6 is 24.2 Å². The molecule has 0 saturated carbocycles. The van der Waals surface area contributed by atoms with Crippen LogP contribution in [0.1, 0.15) is 11.1 Å². The molecule has 1 rings (SSSR count). The topological polar surface area (TPSA) is 17.1 Å². The first-order valence-corrected chi connectivity index (χ1v) is 4.39. The molecule has 0 aromatic heterocycles. The van der Waals surface area contributed by atoms with Crippen LogP contribution < -0.4 is 0 Å². The smallest absolute Gasteiger partial charge is 0.190 e. The Labute approximate surface area is 82.1 Å². The van der Waals surface area contributed by atoms with Gasteiger partial charge in [-0.15, -0.1) is 12.6 Å². The quantitative estimate of drug-likeness (QED) is 0.727. The Morgan fingerprint density at radius 2 is 2.25 bits per heavy atom. The largest absolute Gasteiger partial charge is 0.287 e. The molecule has 0 aliphatic carbocycles. The predicted molar refractivity (Wildman–Crippen MR) is 53.9 cm³/mol. The average Bonchev–Trinajstić information content (AvgIpc) is 1.98. The van der Waals surface area contributed by atoms with Gasteiger partial charge in [0.25, 0.3) is 0 Å². The second kappa shape index (κ2) is 3.97. The van der Waals surface area contributed by atoms with Crippen LogP contribution in [0.3, 0.4) is 0 Å². The maximum absolute atomic E-state index is 10.7. The molecule has 64 valence electrons. The summed E-state index contributed by atoms with van der Waals surface area (Å²) in [6.07, 6.45) is 0.343. The van der Waals surface area contributed by atoms with E-state index < -0.39 is 0 Å². The highest BCUT2D eigenvalue weighted by Crippen LogP contribution is 2.19. The summed E-state index contributed by atoms with van der Waals surface area (Å²) in [5.41, 5.74) is 1.91. The molecule has 3 heteroatoms. The van der Waals surface area contributed by atoms with Gasteiger partial charge in [0.1, 0.15) is 0 Å². The molecule has 0 fully saturated rings. The molecular formula is C9H9ClOS. The van der Waals surface area contributed by atoms with Crippen LogP contribution in [0.5, 0.6) is 0 Å². The third kappa shape index (κ3) is 2.26. The third-order valence-corrected chi connectivity index (χ3v) is 2.29. The predicted octanol–water partition coefficient (Wildman–Crippen LogP) is 2.65. The van der Waals surface area contributed by atoms with Crippen molar-refractivity contribution in [3.05, 3.63) is 34.3 Å². The number of rotatable bonds is 2. The number of carbonyl (C=O) groups is 1. The van der Waals surface area contributed by atoms with E-state index >= 15 is 0 Å². The van der Waals surface area contributed by atoms with Gasteiger partial charge in [0, 0.05) is 11.4 Å². The molecular weight excluding hydrogens is 192 g/mol. The summed E-state index contributed by atoms with van der Waals surface area (Å²) in [7, 11) is 0. The second-order valence-corrected chi connectivity index (χ2v) is 3.50. The van der Waals surface area contributed by atoms with Crippen LogP contribution in [-0.4, -0.2) is 5.12 Å². The first-order valence-electron chi connectivity index (χ1n) is 3.57. The summed E-state index contributed by atoms with van der Waals surface area (Å²) in [6, 6.07) is 5.53. The lowest BCUT2D eigenvalue weighted by Crippen LogP contribution is -1.96. The van der Waals surface area contributed by atoms with E-state index in [2.05, 4.69) is 12.6 Å². The monoisotopic (exact) mass is 200 g/mol. The SMILES string of the molecule is Cc1c(Cl)cccc1CC(=O)S. The number of thiol groups is 1. The van der Waals surface area contributed by atoms with Gasteiger partial charge < -0.3 is 0 Å². The van der Waals surface area contributed by atoms with Crippen molar-refractivity contribution < 1.29 is 4.79 Å². The third-order valence-electron chi connectivity index (χ3n) is 1.72. The highest BCUT2D eigenvalue weighted by molar-refractivity contribution is 7.96. The molecule has 0 unspecified atom stereocenters. The lowest BCUT2D eigenvalue weighted by molar-refractivity contribution is -0.110. The highest BCUT2D eigenvalue weighted by atomic mass is 35.5. The van der Waals surface area contributed by atoms with Gasteiger partial charge >= 0.3 is 0 Å². The van der Waals surface area contributed by atoms with E-state index in [0.717, 1.165) is 11.1 Å². The zero-order valence-corrected chi connectivity index (χ0v) is 8.32. The Morgan fingerprint density at radius 1 is 1.58 bits per heavy atom. The van der Waals surface area contributed by atoms with Crippen LogP contribution in [-0.2, 0) is 11.2 Å². The Bertz CT molecular complexity index is 309. The van der Waals surface area contributed by atoms with Crippen LogP contribution in [0.25, 0.3) is 0 Å². The van der Waals surface area contributed by atoms with Crippen LogP contribution in [0.15, 0.2) is 18.2 Å². The lowest BCUT2D eigenvalue weighted by atomic mass is 10.1. The maximum Gasteiger partial charge on any atom is 0.190 e. The fourth-order valence-electron chi connectivity index (χ4n) is 1.01. The minimum Gasteiger partial charge on any atom is -0.287 e. The van der Waals surface area contributed by atoms with Crippen molar-refractivity contribution in [3.63, 3.8) is 0 Å². The molecule has 0 aliphatic heterocycles. The Kier molecular flexibility index (Phi) is 3.18. The first-order chi connectivity index (χ1) is 5.61. The lowest BCUT2D eigenvalue weighted by Gasteiger charge is -2.03. The Morgan fingerprint density at radius 3 is 2.83 bits per heavy atom. The summed E-state index contributed by atoms with van der Waals surface area (Å²) in [4.78, 5) is 10.7. The molecule has 0 atom stereocenters. The van der Waals surface area contributed by atoms with Gasteiger partial charge in [0.15, 0.2) is 5.12 Å². The van der Waals surface area contributed by atoms with Crippen molar-refractivity contribution in [3.8, 4) is 0 Å². The van der Waals surface area contributed by atoms with E-state index in [0.29, 0.717) is 11.4 Å². The highest BCUT2D eigenvalue weighted by Gasteiger charge is 2.03. The first kappa shape index (κ1) is 9.62. The Balaban J connectivity index is 3.00. The molecule has 1 nitrogen and oxygen atoms in total. The number of hydrogen-bond acceptors (Lipinski definition) is 1. The average molecular weight is 201 g/mol. The molecule has 0 amide bonds. The number of benzene rings is 1. The molecule has 0 spiro atoms. The maximum atomic E-state index is 10.7. The van der Waals surface area contributed by atoms with Crippen molar-refractivity contribution in [2.45, 2.75) is 13.3 Å². The second-order valence-electron chi connectivity index (χ2n) is 2.59. The standard InChI is InChI=1S/C9H9ClOS/c1-6-7(5-9(11)12)3-2-4-8(6)10/h2-4H,5H2,1H3,(H,11,12). The van der Waals surface area contributed by atoms with Crippen molar-refractivity contribution in [2.24, 2.45) is 0 Å². The fraction of sp³-hybridized carbons (Fsp3) is 0.222. The Hall–Kier alpha value is -0.470. The van der Waals surface area contributed by atoms with Crippen LogP contribution in [0.2, 0.25) is 5.02 Å². The van der Waals surface area contributed by atoms with E-state index in [1.165, 1.54) is 0 Å². The molecule has 0 heterocycles. The van der Waals surface area contributed by atoms with E-state index in [9.17, 15) is 4.79 Å². The van der Waals surface area contributed by atoms with Crippen molar-refractivity contribution in [1.29, 1.82) is 0 Å². The van der Waals surface area contributed by atoms with Crippen molar-refractivity contribution in [2.75, 3.05) is 0 Å². The summed E-state index contributed by atoms with van der Waals surface area (Å²) in [5.74, 6) is 0. The summed E-state index contributed by atoms with van der Waals surface area (Å²) < 4.78 is 0.